The fourth-order valence-electron chi connectivity index (χ4n) is 3.37. The van der Waals surface area contributed by atoms with Crippen LogP contribution in [0.3, 0.4) is 0 Å². The summed E-state index contributed by atoms with van der Waals surface area (Å²) in [4.78, 5) is 12.4. The predicted octanol–water partition coefficient (Wildman–Crippen LogP) is 2.61. The quantitative estimate of drug-likeness (QED) is 0.714. The number of hydrogen-bond donors (Lipinski definition) is 1. The lowest BCUT2D eigenvalue weighted by Crippen LogP contribution is -2.26. The first-order chi connectivity index (χ1) is 12.2. The van der Waals surface area contributed by atoms with Gasteiger partial charge in [-0.05, 0) is 31.6 Å². The summed E-state index contributed by atoms with van der Waals surface area (Å²) in [6.07, 6.45) is 6.45. The monoisotopic (exact) mass is 366 g/mol. The van der Waals surface area contributed by atoms with Crippen LogP contribution in [0.4, 0.5) is 11.8 Å². The minimum absolute atomic E-state index is 0.668. The zero-order valence-corrected chi connectivity index (χ0v) is 16.2. The smallest absolute Gasteiger partial charge is 0.227 e. The third-order valence-corrected chi connectivity index (χ3v) is 6.51. The van der Waals surface area contributed by atoms with Crippen LogP contribution in [-0.4, -0.2) is 53.3 Å². The molecule has 2 aliphatic heterocycles. The van der Waals surface area contributed by atoms with Gasteiger partial charge < -0.3 is 15.0 Å². The number of anilines is 2. The lowest BCUT2D eigenvalue weighted by molar-refractivity contribution is 0.0645. The number of aryl methyl sites for hydroxylation is 1. The number of nitrogens with one attached hydrogen (secondary N) is 1. The van der Waals surface area contributed by atoms with Crippen molar-refractivity contribution in [3.8, 4) is 0 Å². The Bertz CT molecular complexity index is 605. The number of hydrogen-bond acceptors (Lipinski definition) is 6. The van der Waals surface area contributed by atoms with Crippen LogP contribution in [-0.2, 0) is 22.0 Å². The molecule has 7 heteroatoms. The summed E-state index contributed by atoms with van der Waals surface area (Å²) >= 11 is 0. The maximum absolute atomic E-state index is 12.3. The lowest BCUT2D eigenvalue weighted by atomic mass is 9.96. The first kappa shape index (κ1) is 18.6. The molecule has 1 saturated heterocycles. The van der Waals surface area contributed by atoms with Crippen molar-refractivity contribution in [3.05, 3.63) is 5.69 Å². The molecule has 0 aromatic carbocycles. The van der Waals surface area contributed by atoms with E-state index in [0.717, 1.165) is 93.1 Å². The largest absolute Gasteiger partial charge is 0.381 e. The fraction of sp³-hybridized carbons (Fsp3) is 0.778. The predicted molar refractivity (Wildman–Crippen MR) is 102 cm³/mol. The summed E-state index contributed by atoms with van der Waals surface area (Å²) in [5, 5.41) is 3.39. The molecule has 3 heterocycles. The van der Waals surface area contributed by atoms with Gasteiger partial charge in [0.05, 0.1) is 16.5 Å². The summed E-state index contributed by atoms with van der Waals surface area (Å²) in [7, 11) is 1.09. The molecule has 3 rings (SSSR count). The van der Waals surface area contributed by atoms with Gasteiger partial charge in [-0.25, -0.2) is 4.98 Å². The topological polar surface area (TPSA) is 67.3 Å². The van der Waals surface area contributed by atoms with Gasteiger partial charge in [0, 0.05) is 45.5 Å². The van der Waals surface area contributed by atoms with Crippen molar-refractivity contribution in [2.24, 2.45) is 5.92 Å². The van der Waals surface area contributed by atoms with Gasteiger partial charge in [0.1, 0.15) is 10.7 Å². The SMILES string of the molecule is CCCCNc1nc(N(C)CCC2CCOCC2)nc2c1[S@](=O)CC2. The van der Waals surface area contributed by atoms with Gasteiger partial charge in [0.2, 0.25) is 5.95 Å². The molecule has 0 unspecified atom stereocenters. The molecule has 0 radical (unpaired) electrons. The molecule has 1 aromatic heterocycles. The van der Waals surface area contributed by atoms with E-state index in [0.29, 0.717) is 5.75 Å². The number of unbranched alkanes of at least 4 members (excludes halogenated alkanes) is 1. The molecule has 1 fully saturated rings. The van der Waals surface area contributed by atoms with Gasteiger partial charge in [-0.3, -0.25) is 4.21 Å². The highest BCUT2D eigenvalue weighted by Gasteiger charge is 2.26. The molecule has 0 spiro atoms. The maximum Gasteiger partial charge on any atom is 0.227 e. The highest BCUT2D eigenvalue weighted by molar-refractivity contribution is 7.85. The zero-order chi connectivity index (χ0) is 17.6. The Kier molecular flexibility index (Phi) is 6.64. The summed E-state index contributed by atoms with van der Waals surface area (Å²) in [5.74, 6) is 2.94. The molecular formula is C18H30N4O2S. The molecule has 0 aliphatic carbocycles. The second-order valence-electron chi connectivity index (χ2n) is 6.99. The van der Waals surface area contributed by atoms with Crippen molar-refractivity contribution < 1.29 is 8.95 Å². The molecule has 0 saturated carbocycles. The standard InChI is InChI=1S/C18H30N4O2S/c1-3-4-9-19-17-16-15(8-13-25(16)23)20-18(21-17)22(2)10-5-14-6-11-24-12-7-14/h14H,3-13H2,1-2H3,(H,19,20,21)/t25-/m1/s1. The zero-order valence-electron chi connectivity index (χ0n) is 15.4. The number of aromatic nitrogens is 2. The van der Waals surface area contributed by atoms with Crippen molar-refractivity contribution in [2.75, 3.05) is 49.3 Å². The maximum atomic E-state index is 12.3. The number of nitrogens with zero attached hydrogens (tertiary/aromatic N) is 3. The second-order valence-corrected chi connectivity index (χ2v) is 8.50. The van der Waals surface area contributed by atoms with Crippen molar-refractivity contribution in [1.29, 1.82) is 0 Å². The first-order valence-corrected chi connectivity index (χ1v) is 10.8. The van der Waals surface area contributed by atoms with Crippen LogP contribution in [0, 0.1) is 5.92 Å². The van der Waals surface area contributed by atoms with Gasteiger partial charge in [-0.15, -0.1) is 0 Å². The van der Waals surface area contributed by atoms with Crippen LogP contribution in [0.15, 0.2) is 4.90 Å². The Morgan fingerprint density at radius 2 is 2.12 bits per heavy atom. The van der Waals surface area contributed by atoms with E-state index in [9.17, 15) is 4.21 Å². The van der Waals surface area contributed by atoms with Crippen molar-refractivity contribution in [1.82, 2.24) is 9.97 Å². The highest BCUT2D eigenvalue weighted by atomic mass is 32.2. The van der Waals surface area contributed by atoms with Crippen LogP contribution in [0.2, 0.25) is 0 Å². The second kappa shape index (κ2) is 8.94. The van der Waals surface area contributed by atoms with E-state index in [1.54, 1.807) is 0 Å². The van der Waals surface area contributed by atoms with Gasteiger partial charge in [0.25, 0.3) is 0 Å². The molecule has 1 atom stereocenters. The average molecular weight is 367 g/mol. The van der Waals surface area contributed by atoms with E-state index >= 15 is 0 Å². The molecule has 6 nitrogen and oxygen atoms in total. The molecule has 1 aromatic rings. The van der Waals surface area contributed by atoms with E-state index in [2.05, 4.69) is 24.2 Å². The van der Waals surface area contributed by atoms with E-state index in [4.69, 9.17) is 14.7 Å². The molecule has 1 N–H and O–H groups in total. The van der Waals surface area contributed by atoms with Gasteiger partial charge in [0.15, 0.2) is 0 Å². The Morgan fingerprint density at radius 1 is 1.32 bits per heavy atom. The lowest BCUT2D eigenvalue weighted by Gasteiger charge is -2.25. The summed E-state index contributed by atoms with van der Waals surface area (Å²) in [5.41, 5.74) is 0.959. The number of rotatable bonds is 8. The molecular weight excluding hydrogens is 336 g/mol. The van der Waals surface area contributed by atoms with Crippen molar-refractivity contribution >= 4 is 22.6 Å². The van der Waals surface area contributed by atoms with Crippen LogP contribution in [0.5, 0.6) is 0 Å². The first-order valence-electron chi connectivity index (χ1n) is 9.51. The molecule has 0 amide bonds. The highest BCUT2D eigenvalue weighted by Crippen LogP contribution is 2.30. The molecule has 25 heavy (non-hydrogen) atoms. The summed E-state index contributed by atoms with van der Waals surface area (Å²) < 4.78 is 17.7. The Morgan fingerprint density at radius 3 is 2.88 bits per heavy atom. The van der Waals surface area contributed by atoms with Gasteiger partial charge >= 0.3 is 0 Å². The third kappa shape index (κ3) is 4.70. The van der Waals surface area contributed by atoms with Crippen LogP contribution in [0.1, 0.15) is 44.7 Å². The molecule has 0 bridgehead atoms. The molecule has 140 valence electrons. The molecule has 2 aliphatic rings. The van der Waals surface area contributed by atoms with Crippen molar-refractivity contribution in [2.45, 2.75) is 50.3 Å². The Labute approximate surface area is 153 Å². The summed E-state index contributed by atoms with van der Waals surface area (Å²) in [6.45, 7) is 5.76. The van der Waals surface area contributed by atoms with E-state index in [1.165, 1.54) is 0 Å². The Hall–Kier alpha value is -1.21. The van der Waals surface area contributed by atoms with E-state index in [-0.39, 0.29) is 0 Å². The van der Waals surface area contributed by atoms with Crippen molar-refractivity contribution in [3.63, 3.8) is 0 Å². The van der Waals surface area contributed by atoms with E-state index in [1.807, 2.05) is 0 Å². The fourth-order valence-corrected chi connectivity index (χ4v) is 4.70. The average Bonchev–Trinajstić information content (AvgIpc) is 3.02. The van der Waals surface area contributed by atoms with Gasteiger partial charge in [-0.1, -0.05) is 13.3 Å². The Balaban J connectivity index is 1.69. The number of fused-ring (bicyclic) bond motifs is 1. The number of ether oxygens (including phenoxy) is 1. The van der Waals surface area contributed by atoms with Gasteiger partial charge in [-0.2, -0.15) is 4.98 Å². The van der Waals surface area contributed by atoms with Crippen LogP contribution in [0.25, 0.3) is 0 Å². The van der Waals surface area contributed by atoms with Crippen LogP contribution >= 0.6 is 0 Å². The minimum atomic E-state index is -0.964. The van der Waals surface area contributed by atoms with E-state index < -0.39 is 10.8 Å². The third-order valence-electron chi connectivity index (χ3n) is 5.05. The minimum Gasteiger partial charge on any atom is -0.381 e. The summed E-state index contributed by atoms with van der Waals surface area (Å²) in [6, 6.07) is 0. The normalized spacial score (nSPS) is 20.5. The van der Waals surface area contributed by atoms with Crippen LogP contribution < -0.4 is 10.2 Å².